The van der Waals surface area contributed by atoms with Gasteiger partial charge in [0.15, 0.2) is 0 Å². The molecule has 16 heavy (non-hydrogen) atoms. The van der Waals surface area contributed by atoms with E-state index in [1.165, 1.54) is 6.07 Å². The van der Waals surface area contributed by atoms with E-state index in [2.05, 4.69) is 4.42 Å². The molecule has 1 N–H and O–H groups in total. The second-order valence-corrected chi connectivity index (χ2v) is 3.19. The van der Waals surface area contributed by atoms with Crippen molar-refractivity contribution in [1.82, 2.24) is 0 Å². The lowest BCUT2D eigenvalue weighted by Gasteiger charge is -2.19. The second-order valence-electron chi connectivity index (χ2n) is 3.19. The Morgan fingerprint density at radius 1 is 1.19 bits per heavy atom. The van der Waals surface area contributed by atoms with Gasteiger partial charge < -0.3 is 14.9 Å². The van der Waals surface area contributed by atoms with Crippen LogP contribution < -0.4 is 10.5 Å². The first-order chi connectivity index (χ1) is 7.38. The molecule has 2 aliphatic rings. The van der Waals surface area contributed by atoms with E-state index in [0.29, 0.717) is 6.07 Å². The number of fused-ring (bicyclic) bond motifs is 1. The first-order valence-electron chi connectivity index (χ1n) is 4.24. The topological polar surface area (TPSA) is 60.0 Å². The third-order valence-corrected chi connectivity index (χ3v) is 2.05. The molecule has 0 spiro atoms. The lowest BCUT2D eigenvalue weighted by atomic mass is 10.0. The molecule has 3 nitrogen and oxygen atoms in total. The van der Waals surface area contributed by atoms with Crippen LogP contribution in [-0.2, 0) is 6.18 Å². The van der Waals surface area contributed by atoms with E-state index in [0.717, 1.165) is 12.1 Å². The highest BCUT2D eigenvalue weighted by atomic mass is 19.4. The van der Waals surface area contributed by atoms with Crippen molar-refractivity contribution < 1.29 is 22.7 Å². The Balaban J connectivity index is 2.82. The Kier molecular flexibility index (Phi) is 2.15. The van der Waals surface area contributed by atoms with Gasteiger partial charge in [0.2, 0.25) is 0 Å². The molecule has 0 aromatic heterocycles. The average molecular weight is 228 g/mol. The van der Waals surface area contributed by atoms with E-state index < -0.39 is 17.7 Å². The summed E-state index contributed by atoms with van der Waals surface area (Å²) in [4.78, 5) is 0. The van der Waals surface area contributed by atoms with Gasteiger partial charge in [0.05, 0.1) is 16.9 Å². The zero-order valence-corrected chi connectivity index (χ0v) is 7.76. The molecule has 1 aliphatic carbocycles. The maximum Gasteiger partial charge on any atom is 0.417 e. The molecule has 0 fully saturated rings. The Hall–Kier alpha value is -1.98. The summed E-state index contributed by atoms with van der Waals surface area (Å²) in [6, 6.07) is 3.80. The van der Waals surface area contributed by atoms with Gasteiger partial charge in [-0.2, -0.15) is 13.2 Å². The van der Waals surface area contributed by atoms with Gasteiger partial charge in [-0.15, -0.1) is 0 Å². The monoisotopic (exact) mass is 228 g/mol. The van der Waals surface area contributed by atoms with Crippen molar-refractivity contribution in [3.63, 3.8) is 0 Å². The van der Waals surface area contributed by atoms with Gasteiger partial charge in [-0.25, -0.2) is 0 Å². The number of nitrogens with one attached hydrogen (secondary N) is 1. The zero-order chi connectivity index (χ0) is 11.9. The van der Waals surface area contributed by atoms with Gasteiger partial charge in [-0.05, 0) is 18.2 Å². The number of rotatable bonds is 0. The smallest absolute Gasteiger partial charge is 0.417 e. The minimum atomic E-state index is -4.61. The summed E-state index contributed by atoms with van der Waals surface area (Å²) < 4.78 is 42.3. The Morgan fingerprint density at radius 3 is 2.50 bits per heavy atom. The average Bonchev–Trinajstić information content (AvgIpc) is 2.14. The van der Waals surface area contributed by atoms with Crippen LogP contribution in [0.5, 0.6) is 5.95 Å². The number of hydrogen-bond donors (Lipinski definition) is 1. The molecule has 6 heteroatoms. The predicted octanol–water partition coefficient (Wildman–Crippen LogP) is 1.96. The highest BCUT2D eigenvalue weighted by Crippen LogP contribution is 2.39. The maximum absolute atomic E-state index is 12.6. The molecule has 0 bridgehead atoms. The molecule has 0 radical (unpaired) electrons. The fourth-order valence-corrected chi connectivity index (χ4v) is 1.40. The van der Waals surface area contributed by atoms with Crippen LogP contribution in [0.2, 0.25) is 0 Å². The van der Waals surface area contributed by atoms with Crippen LogP contribution in [0.3, 0.4) is 0 Å². The summed E-state index contributed by atoms with van der Waals surface area (Å²) in [5, 5.41) is 18.1. The van der Waals surface area contributed by atoms with Crippen molar-refractivity contribution in [3.8, 4) is 17.3 Å². The van der Waals surface area contributed by atoms with Gasteiger partial charge in [-0.1, -0.05) is 6.07 Å². The lowest BCUT2D eigenvalue weighted by molar-refractivity contribution is -0.295. The van der Waals surface area contributed by atoms with Crippen molar-refractivity contribution in [1.29, 1.82) is 5.41 Å². The van der Waals surface area contributed by atoms with Crippen molar-refractivity contribution in [2.45, 2.75) is 6.18 Å². The van der Waals surface area contributed by atoms with Gasteiger partial charge in [0.1, 0.15) is 0 Å². The standard InChI is InChI=1S/C10H6F3NO2/c11-10(12,13)7-4-9(15)16-8-3-5(14)1-2-6(7)8/h1-4,14-15H/p-1. The van der Waals surface area contributed by atoms with Crippen molar-refractivity contribution >= 4 is 0 Å². The summed E-state index contributed by atoms with van der Waals surface area (Å²) in [6.07, 6.45) is -4.61. The van der Waals surface area contributed by atoms with Crippen molar-refractivity contribution in [2.75, 3.05) is 0 Å². The summed E-state index contributed by atoms with van der Waals surface area (Å²) in [5.41, 5.74) is -1.26. The fourth-order valence-electron chi connectivity index (χ4n) is 1.40. The molecule has 84 valence electrons. The summed E-state index contributed by atoms with van der Waals surface area (Å²) in [7, 11) is 0. The number of alkyl halides is 3. The van der Waals surface area contributed by atoms with E-state index in [1.807, 2.05) is 0 Å². The van der Waals surface area contributed by atoms with Crippen molar-refractivity contribution in [2.24, 2.45) is 0 Å². The van der Waals surface area contributed by atoms with Crippen LogP contribution in [0.15, 0.2) is 28.7 Å². The van der Waals surface area contributed by atoms with Gasteiger partial charge in [0, 0.05) is 11.3 Å². The lowest BCUT2D eigenvalue weighted by Crippen LogP contribution is -2.11. The molecule has 0 saturated carbocycles. The van der Waals surface area contributed by atoms with Crippen LogP contribution in [0, 0.1) is 5.41 Å². The maximum atomic E-state index is 12.6. The first kappa shape index (κ1) is 10.5. The minimum Gasteiger partial charge on any atom is -0.579 e. The molecule has 1 heterocycles. The molecular weight excluding hydrogens is 223 g/mol. The van der Waals surface area contributed by atoms with E-state index in [4.69, 9.17) is 5.41 Å². The van der Waals surface area contributed by atoms with E-state index in [-0.39, 0.29) is 16.7 Å². The molecule has 2 rings (SSSR count). The molecule has 0 saturated heterocycles. The third kappa shape index (κ3) is 1.73. The Labute approximate surface area is 87.6 Å². The van der Waals surface area contributed by atoms with Crippen LogP contribution in [-0.4, -0.2) is 0 Å². The van der Waals surface area contributed by atoms with E-state index in [1.54, 1.807) is 0 Å². The Morgan fingerprint density at radius 2 is 1.88 bits per heavy atom. The van der Waals surface area contributed by atoms with E-state index in [9.17, 15) is 18.3 Å². The number of hydrogen-bond acceptors (Lipinski definition) is 3. The number of halogens is 3. The van der Waals surface area contributed by atoms with Crippen LogP contribution in [0.1, 0.15) is 5.56 Å². The SMILES string of the molecule is N=c1ccc2c(C(F)(F)F)cc([O-])oc-2c1. The predicted molar refractivity (Wildman–Crippen MR) is 45.6 cm³/mol. The second kappa shape index (κ2) is 3.26. The van der Waals surface area contributed by atoms with Gasteiger partial charge in [-0.3, -0.25) is 0 Å². The third-order valence-electron chi connectivity index (χ3n) is 2.05. The largest absolute Gasteiger partial charge is 0.579 e. The normalized spacial score (nSPS) is 11.9. The van der Waals surface area contributed by atoms with Crippen LogP contribution in [0.25, 0.3) is 11.3 Å². The highest BCUT2D eigenvalue weighted by molar-refractivity contribution is 5.64. The molecule has 1 aliphatic heterocycles. The minimum absolute atomic E-state index is 0.0185. The van der Waals surface area contributed by atoms with E-state index >= 15 is 0 Å². The molecule has 0 aromatic rings. The molecule has 0 atom stereocenters. The quantitative estimate of drug-likeness (QED) is 0.749. The van der Waals surface area contributed by atoms with Crippen LogP contribution in [0.4, 0.5) is 13.2 Å². The zero-order valence-electron chi connectivity index (χ0n) is 7.76. The van der Waals surface area contributed by atoms with Gasteiger partial charge >= 0.3 is 6.18 Å². The first-order valence-corrected chi connectivity index (χ1v) is 4.24. The molecule has 0 unspecified atom stereocenters. The van der Waals surface area contributed by atoms with Gasteiger partial charge in [0.25, 0.3) is 0 Å². The number of benzene rings is 1. The summed E-state index contributed by atoms with van der Waals surface area (Å²) in [6.45, 7) is 0. The Bertz CT molecular complexity index is 559. The van der Waals surface area contributed by atoms with Crippen LogP contribution >= 0.6 is 0 Å². The molecule has 0 aromatic carbocycles. The summed E-state index contributed by atoms with van der Waals surface area (Å²) >= 11 is 0. The molecule has 0 amide bonds. The molecular formula is C10H5F3NO2-. The summed E-state index contributed by atoms with van der Waals surface area (Å²) in [5.74, 6) is -1.31. The highest BCUT2D eigenvalue weighted by Gasteiger charge is 2.33. The fraction of sp³-hybridized carbons (Fsp3) is 0.100. The van der Waals surface area contributed by atoms with Crippen molar-refractivity contribution in [3.05, 3.63) is 35.2 Å².